The Hall–Kier alpha value is -0.420. The summed E-state index contributed by atoms with van der Waals surface area (Å²) in [6, 6.07) is 0.108. The molecule has 1 saturated heterocycles. The van der Waals surface area contributed by atoms with Crippen molar-refractivity contribution < 1.29 is 14.7 Å². The van der Waals surface area contributed by atoms with E-state index < -0.39 is 6.10 Å². The summed E-state index contributed by atoms with van der Waals surface area (Å²) in [5.74, 6) is 0. The third-order valence-electron chi connectivity index (χ3n) is 2.69. The molecule has 4 heteroatoms. The summed E-state index contributed by atoms with van der Waals surface area (Å²) >= 11 is 0. The summed E-state index contributed by atoms with van der Waals surface area (Å²) in [6.07, 6.45) is 5.03. The molecular formula is C10H17NO3. The standard InChI is InChI=1S/C10H17NO3/c1-2-13-10-6-5-8-9(12)4-3-7-11(8)14-10/h3-4,8-10,12H,2,5-7H2,1H3/t8-,9+,10+/m1/s1. The van der Waals surface area contributed by atoms with Crippen LogP contribution in [0.4, 0.5) is 0 Å². The van der Waals surface area contributed by atoms with Crippen LogP contribution in [0.2, 0.25) is 0 Å². The van der Waals surface area contributed by atoms with Gasteiger partial charge in [0.05, 0.1) is 12.1 Å². The molecule has 0 aromatic carbocycles. The lowest BCUT2D eigenvalue weighted by molar-refractivity contribution is -0.324. The molecule has 4 nitrogen and oxygen atoms in total. The predicted molar refractivity (Wildman–Crippen MR) is 51.4 cm³/mol. The van der Waals surface area contributed by atoms with Crippen molar-refractivity contribution in [3.63, 3.8) is 0 Å². The summed E-state index contributed by atoms with van der Waals surface area (Å²) in [6.45, 7) is 3.37. The van der Waals surface area contributed by atoms with E-state index in [0.29, 0.717) is 6.61 Å². The lowest BCUT2D eigenvalue weighted by Gasteiger charge is -2.41. The van der Waals surface area contributed by atoms with Crippen molar-refractivity contribution in [2.45, 2.75) is 38.2 Å². The van der Waals surface area contributed by atoms with Gasteiger partial charge in [-0.1, -0.05) is 12.2 Å². The van der Waals surface area contributed by atoms with Gasteiger partial charge in [0.1, 0.15) is 0 Å². The summed E-state index contributed by atoms with van der Waals surface area (Å²) in [7, 11) is 0. The van der Waals surface area contributed by atoms with E-state index in [1.807, 2.05) is 24.1 Å². The zero-order valence-corrected chi connectivity index (χ0v) is 8.43. The molecule has 0 unspecified atom stereocenters. The van der Waals surface area contributed by atoms with Crippen LogP contribution < -0.4 is 0 Å². The Labute approximate surface area is 84.1 Å². The van der Waals surface area contributed by atoms with Crippen LogP contribution in [0.5, 0.6) is 0 Å². The first kappa shape index (κ1) is 10.1. The third-order valence-corrected chi connectivity index (χ3v) is 2.69. The molecule has 2 aliphatic rings. The van der Waals surface area contributed by atoms with Crippen molar-refractivity contribution in [1.29, 1.82) is 0 Å². The Kier molecular flexibility index (Phi) is 3.18. The van der Waals surface area contributed by atoms with Crippen molar-refractivity contribution in [3.05, 3.63) is 12.2 Å². The van der Waals surface area contributed by atoms with E-state index in [0.717, 1.165) is 19.4 Å². The number of fused-ring (bicyclic) bond motifs is 1. The molecular weight excluding hydrogens is 182 g/mol. The molecule has 80 valence electrons. The van der Waals surface area contributed by atoms with Crippen LogP contribution in [0.25, 0.3) is 0 Å². The predicted octanol–water partition coefficient (Wildman–Crippen LogP) is 0.676. The lowest BCUT2D eigenvalue weighted by atomic mass is 10.0. The van der Waals surface area contributed by atoms with E-state index in [1.165, 1.54) is 0 Å². The Morgan fingerprint density at radius 2 is 2.43 bits per heavy atom. The molecule has 0 aromatic rings. The van der Waals surface area contributed by atoms with Gasteiger partial charge in [0.2, 0.25) is 0 Å². The minimum atomic E-state index is -0.397. The number of rotatable bonds is 2. The van der Waals surface area contributed by atoms with Crippen LogP contribution in [0.1, 0.15) is 19.8 Å². The van der Waals surface area contributed by atoms with Crippen LogP contribution >= 0.6 is 0 Å². The van der Waals surface area contributed by atoms with E-state index in [9.17, 15) is 5.11 Å². The number of nitrogens with zero attached hydrogens (tertiary/aromatic N) is 1. The maximum absolute atomic E-state index is 9.67. The monoisotopic (exact) mass is 199 g/mol. The zero-order valence-electron chi connectivity index (χ0n) is 8.43. The second-order valence-electron chi connectivity index (χ2n) is 3.65. The fraction of sp³-hybridized carbons (Fsp3) is 0.800. The van der Waals surface area contributed by atoms with Gasteiger partial charge in [0, 0.05) is 19.6 Å². The van der Waals surface area contributed by atoms with Crippen LogP contribution in [-0.4, -0.2) is 41.8 Å². The topological polar surface area (TPSA) is 41.9 Å². The van der Waals surface area contributed by atoms with E-state index in [4.69, 9.17) is 9.57 Å². The molecule has 14 heavy (non-hydrogen) atoms. The number of hydrogen-bond donors (Lipinski definition) is 1. The van der Waals surface area contributed by atoms with Crippen molar-refractivity contribution in [2.24, 2.45) is 0 Å². The fourth-order valence-electron chi connectivity index (χ4n) is 1.98. The molecule has 1 N–H and O–H groups in total. The van der Waals surface area contributed by atoms with Gasteiger partial charge in [-0.25, -0.2) is 0 Å². The second kappa shape index (κ2) is 4.40. The van der Waals surface area contributed by atoms with Gasteiger partial charge in [-0.3, -0.25) is 4.84 Å². The Balaban J connectivity index is 1.94. The summed E-state index contributed by atoms with van der Waals surface area (Å²) in [5.41, 5.74) is 0. The Bertz CT molecular complexity index is 219. The lowest BCUT2D eigenvalue weighted by Crippen LogP contribution is -2.51. The molecule has 0 saturated carbocycles. The molecule has 0 aliphatic carbocycles. The maximum atomic E-state index is 9.67. The first-order chi connectivity index (χ1) is 6.81. The fourth-order valence-corrected chi connectivity index (χ4v) is 1.98. The number of ether oxygens (including phenoxy) is 1. The summed E-state index contributed by atoms with van der Waals surface area (Å²) < 4.78 is 5.40. The highest BCUT2D eigenvalue weighted by atomic mass is 16.8. The molecule has 2 rings (SSSR count). The number of aliphatic hydroxyl groups excluding tert-OH is 1. The van der Waals surface area contributed by atoms with Gasteiger partial charge in [-0.15, -0.1) is 0 Å². The molecule has 1 fully saturated rings. The first-order valence-corrected chi connectivity index (χ1v) is 5.21. The second-order valence-corrected chi connectivity index (χ2v) is 3.65. The molecule has 2 aliphatic heterocycles. The summed E-state index contributed by atoms with van der Waals surface area (Å²) in [5, 5.41) is 11.5. The highest BCUT2D eigenvalue weighted by Crippen LogP contribution is 2.25. The van der Waals surface area contributed by atoms with Gasteiger partial charge in [-0.2, -0.15) is 5.06 Å². The average molecular weight is 199 g/mol. The van der Waals surface area contributed by atoms with E-state index in [1.54, 1.807) is 0 Å². The highest BCUT2D eigenvalue weighted by molar-refractivity contribution is 5.02. The number of aliphatic hydroxyl groups is 1. The van der Waals surface area contributed by atoms with Gasteiger partial charge in [0.15, 0.2) is 6.29 Å². The Morgan fingerprint density at radius 3 is 3.21 bits per heavy atom. The SMILES string of the molecule is CCO[C@@H]1CC[C@@H]2[C@@H](O)C=CCN2O1. The molecule has 0 spiro atoms. The smallest absolute Gasteiger partial charge is 0.177 e. The van der Waals surface area contributed by atoms with Crippen LogP contribution in [0.3, 0.4) is 0 Å². The summed E-state index contributed by atoms with van der Waals surface area (Å²) in [4.78, 5) is 5.60. The molecule has 0 bridgehead atoms. The van der Waals surface area contributed by atoms with Gasteiger partial charge >= 0.3 is 0 Å². The van der Waals surface area contributed by atoms with Crippen molar-refractivity contribution in [2.75, 3.05) is 13.2 Å². The largest absolute Gasteiger partial charge is 0.387 e. The Morgan fingerprint density at radius 1 is 1.57 bits per heavy atom. The molecule has 0 amide bonds. The first-order valence-electron chi connectivity index (χ1n) is 5.21. The highest BCUT2D eigenvalue weighted by Gasteiger charge is 2.34. The molecule has 0 radical (unpaired) electrons. The average Bonchev–Trinajstić information content (AvgIpc) is 2.18. The number of hydrogen-bond acceptors (Lipinski definition) is 4. The van der Waals surface area contributed by atoms with E-state index in [-0.39, 0.29) is 12.3 Å². The van der Waals surface area contributed by atoms with Crippen molar-refractivity contribution in [1.82, 2.24) is 5.06 Å². The quantitative estimate of drug-likeness (QED) is 0.664. The zero-order chi connectivity index (χ0) is 9.97. The van der Waals surface area contributed by atoms with Gasteiger partial charge in [0.25, 0.3) is 0 Å². The minimum Gasteiger partial charge on any atom is -0.387 e. The van der Waals surface area contributed by atoms with Crippen LogP contribution in [-0.2, 0) is 9.57 Å². The minimum absolute atomic E-state index is 0.108. The van der Waals surface area contributed by atoms with E-state index in [2.05, 4.69) is 0 Å². The van der Waals surface area contributed by atoms with E-state index >= 15 is 0 Å². The normalized spacial score (nSPS) is 38.3. The third kappa shape index (κ3) is 1.98. The van der Waals surface area contributed by atoms with Crippen LogP contribution in [0.15, 0.2) is 12.2 Å². The van der Waals surface area contributed by atoms with Crippen molar-refractivity contribution >= 4 is 0 Å². The van der Waals surface area contributed by atoms with Crippen molar-refractivity contribution in [3.8, 4) is 0 Å². The van der Waals surface area contributed by atoms with Gasteiger partial charge in [-0.05, 0) is 13.3 Å². The maximum Gasteiger partial charge on any atom is 0.177 e. The van der Waals surface area contributed by atoms with Gasteiger partial charge < -0.3 is 9.84 Å². The molecule has 3 atom stereocenters. The molecule has 0 aromatic heterocycles. The molecule has 2 heterocycles. The van der Waals surface area contributed by atoms with Crippen LogP contribution in [0, 0.1) is 0 Å². The number of hydroxylamine groups is 2.